The second-order valence-corrected chi connectivity index (χ2v) is 19.1. The van der Waals surface area contributed by atoms with Crippen LogP contribution in [-0.4, -0.2) is 167 Å². The normalized spacial score (nSPS) is 32.5. The van der Waals surface area contributed by atoms with Gasteiger partial charge in [0, 0.05) is 6.16 Å². The molecule has 2 saturated heterocycles. The highest BCUT2D eigenvalue weighted by atomic mass is 31.2. The van der Waals surface area contributed by atoms with Crippen LogP contribution in [0.1, 0.15) is 62.3 Å². The first-order valence-electron chi connectivity index (χ1n) is 17.4. The van der Waals surface area contributed by atoms with E-state index in [0.717, 1.165) is 0 Å². The number of aliphatic hydroxyl groups excluding tert-OH is 4. The summed E-state index contributed by atoms with van der Waals surface area (Å²) in [6.45, 7) is 15.9. The fraction of sp³-hybridized carbons (Fsp3) is 1.00. The summed E-state index contributed by atoms with van der Waals surface area (Å²) in [5, 5.41) is 39.3. The van der Waals surface area contributed by atoms with Crippen LogP contribution in [0.3, 0.4) is 0 Å². The Kier molecular flexibility index (Phi) is 21.6. The van der Waals surface area contributed by atoms with Crippen molar-refractivity contribution in [3.8, 4) is 0 Å². The first-order valence-corrected chi connectivity index (χ1v) is 20.8. The second kappa shape index (κ2) is 22.5. The van der Waals surface area contributed by atoms with E-state index in [9.17, 15) is 39.3 Å². The smallest absolute Gasteiger partial charge is 0.331 e. The predicted octanol–water partition coefficient (Wildman–Crippen LogP) is 0.0331. The summed E-state index contributed by atoms with van der Waals surface area (Å²) in [5.41, 5.74) is 10.8. The minimum atomic E-state index is -3.98. The Bertz CT molecular complexity index is 1090. The number of ether oxygens (including phenoxy) is 7. The van der Waals surface area contributed by atoms with E-state index in [-0.39, 0.29) is 43.8 Å². The second-order valence-electron chi connectivity index (χ2n) is 14.6. The number of hydrogen-bond acceptors (Lipinski definition) is 17. The average Bonchev–Trinajstić information content (AvgIpc) is 3.04. The summed E-state index contributed by atoms with van der Waals surface area (Å²) in [7, 11) is -7.60. The molecule has 0 amide bonds. The van der Waals surface area contributed by atoms with Crippen molar-refractivity contribution in [2.24, 2.45) is 11.5 Å². The molecular formula is C31H66N2O17P2. The maximum Gasteiger partial charge on any atom is 0.331 e. The van der Waals surface area contributed by atoms with Crippen molar-refractivity contribution in [2.45, 2.75) is 140 Å². The molecule has 0 bridgehead atoms. The lowest BCUT2D eigenvalue weighted by Crippen LogP contribution is -2.63. The quantitative estimate of drug-likeness (QED) is 0.0632. The first-order chi connectivity index (χ1) is 23.9. The molecule has 0 saturated carbocycles. The van der Waals surface area contributed by atoms with Gasteiger partial charge >= 0.3 is 15.2 Å². The van der Waals surface area contributed by atoms with Gasteiger partial charge in [0.15, 0.2) is 12.6 Å². The van der Waals surface area contributed by atoms with E-state index < -0.39 is 95.4 Å². The van der Waals surface area contributed by atoms with E-state index >= 15 is 0 Å². The lowest BCUT2D eigenvalue weighted by atomic mass is 9.97. The van der Waals surface area contributed by atoms with Gasteiger partial charge in [0.05, 0.1) is 81.8 Å². The van der Waals surface area contributed by atoms with Crippen molar-refractivity contribution in [1.29, 1.82) is 0 Å². The summed E-state index contributed by atoms with van der Waals surface area (Å²) in [6.07, 6.45) is -8.53. The van der Waals surface area contributed by atoms with E-state index in [0.29, 0.717) is 13.2 Å². The fourth-order valence-corrected chi connectivity index (χ4v) is 6.00. The van der Waals surface area contributed by atoms with Gasteiger partial charge < -0.3 is 83.9 Å². The average molecular weight is 801 g/mol. The van der Waals surface area contributed by atoms with Gasteiger partial charge in [-0.15, -0.1) is 0 Å². The number of aliphatic hydroxyl groups is 4. The molecule has 0 aromatic carbocycles. The molecule has 10 N–H and O–H groups in total. The van der Waals surface area contributed by atoms with Gasteiger partial charge in [0.25, 0.3) is 0 Å². The molecule has 0 aliphatic carbocycles. The highest BCUT2D eigenvalue weighted by molar-refractivity contribution is 7.53. The van der Waals surface area contributed by atoms with Crippen LogP contribution in [0.25, 0.3) is 0 Å². The third-order valence-electron chi connectivity index (χ3n) is 7.61. The minimum absolute atomic E-state index is 0.00839. The molecule has 19 nitrogen and oxygen atoms in total. The van der Waals surface area contributed by atoms with Crippen molar-refractivity contribution in [3.05, 3.63) is 0 Å². The highest BCUT2D eigenvalue weighted by Gasteiger charge is 2.48. The molecule has 12 unspecified atom stereocenters. The van der Waals surface area contributed by atoms with E-state index in [1.165, 1.54) is 20.8 Å². The fourth-order valence-electron chi connectivity index (χ4n) is 4.60. The van der Waals surface area contributed by atoms with E-state index in [2.05, 4.69) is 0 Å². The lowest BCUT2D eigenvalue weighted by Gasteiger charge is -2.43. The van der Waals surface area contributed by atoms with Crippen LogP contribution in [-0.2, 0) is 51.3 Å². The number of nitrogens with two attached hydrogens (primary N) is 2. The third-order valence-corrected chi connectivity index (χ3v) is 10.8. The lowest BCUT2D eigenvalue weighted by molar-refractivity contribution is -0.275. The summed E-state index contributed by atoms with van der Waals surface area (Å²) in [6, 6.07) is -1.84. The molecular weight excluding hydrogens is 734 g/mol. The summed E-state index contributed by atoms with van der Waals surface area (Å²) in [5.74, 6) is 0. The van der Waals surface area contributed by atoms with Crippen LogP contribution in [0.2, 0.25) is 0 Å². The molecule has 2 fully saturated rings. The highest BCUT2D eigenvalue weighted by Crippen LogP contribution is 2.50. The number of rotatable bonds is 19. The van der Waals surface area contributed by atoms with Gasteiger partial charge in [0.2, 0.25) is 0 Å². The maximum absolute atomic E-state index is 12.1. The monoisotopic (exact) mass is 800 g/mol. The molecule has 0 spiro atoms. The SMILES string of the molecule is CC(C)P(=O)(O)OC1C(N)C(OCCOC(C)(C)C)OC(CO)C1O.CCP(=O)(O)OCCOC1C(N)C(OCCOC(C)(C)C)OC(CO)C1O. The first kappa shape index (κ1) is 49.8. The van der Waals surface area contributed by atoms with Crippen LogP contribution >= 0.6 is 15.2 Å². The standard InChI is InChI=1S/C16H34NO9P.C15H32NO8P/c1-5-27(20,21)25-9-7-22-14-12(17)15(26-11(10-18)13(14)19)23-6-8-24-16(2,3)4;1-9(2)25(19,20)24-13-11(16)14(23-10(8-17)12(13)18)21-6-7-22-15(3,4)5/h11-15,18-19H,5-10,17H2,1-4H3,(H,20,21);9-14,17-18H,6-8,16H2,1-5H3,(H,19,20). The Morgan fingerprint density at radius 2 is 1.10 bits per heavy atom. The molecule has 2 heterocycles. The van der Waals surface area contributed by atoms with E-state index in [1.807, 2.05) is 41.5 Å². The van der Waals surface area contributed by atoms with Gasteiger partial charge in [-0.2, -0.15) is 0 Å². The molecule has 2 rings (SSSR count). The molecule has 52 heavy (non-hydrogen) atoms. The summed E-state index contributed by atoms with van der Waals surface area (Å²) in [4.78, 5) is 19.3. The zero-order valence-corrected chi connectivity index (χ0v) is 33.7. The predicted molar refractivity (Wildman–Crippen MR) is 189 cm³/mol. The zero-order valence-electron chi connectivity index (χ0n) is 31.9. The molecule has 0 radical (unpaired) electrons. The molecule has 0 aromatic rings. The van der Waals surface area contributed by atoms with Crippen molar-refractivity contribution < 1.29 is 81.5 Å². The Labute approximate surface area is 307 Å². The van der Waals surface area contributed by atoms with Crippen LogP contribution in [0, 0.1) is 0 Å². The molecule has 312 valence electrons. The maximum atomic E-state index is 12.1. The van der Waals surface area contributed by atoms with Crippen LogP contribution < -0.4 is 11.5 Å². The van der Waals surface area contributed by atoms with Gasteiger partial charge in [0.1, 0.15) is 36.6 Å². The van der Waals surface area contributed by atoms with Crippen molar-refractivity contribution in [3.63, 3.8) is 0 Å². The Morgan fingerprint density at radius 3 is 1.48 bits per heavy atom. The van der Waals surface area contributed by atoms with E-state index in [1.54, 1.807) is 0 Å². The van der Waals surface area contributed by atoms with Crippen molar-refractivity contribution in [1.82, 2.24) is 0 Å². The largest absolute Gasteiger partial charge is 0.394 e. The van der Waals surface area contributed by atoms with Gasteiger partial charge in [-0.3, -0.25) is 9.13 Å². The van der Waals surface area contributed by atoms with Gasteiger partial charge in [-0.1, -0.05) is 20.8 Å². The Hall–Kier alpha value is -0.220. The third kappa shape index (κ3) is 17.7. The van der Waals surface area contributed by atoms with Crippen LogP contribution in [0.4, 0.5) is 0 Å². The molecule has 12 atom stereocenters. The summed E-state index contributed by atoms with van der Waals surface area (Å²) >= 11 is 0. The van der Waals surface area contributed by atoms with Gasteiger partial charge in [-0.25, -0.2) is 0 Å². The van der Waals surface area contributed by atoms with Crippen molar-refractivity contribution in [2.75, 3.05) is 59.0 Å². The minimum Gasteiger partial charge on any atom is -0.394 e. The molecule has 0 aromatic heterocycles. The Morgan fingerprint density at radius 1 is 0.692 bits per heavy atom. The molecule has 2 aliphatic rings. The van der Waals surface area contributed by atoms with Crippen molar-refractivity contribution >= 4 is 15.2 Å². The topological polar surface area (TPSA) is 291 Å². The number of hydrogen-bond donors (Lipinski definition) is 8. The van der Waals surface area contributed by atoms with E-state index in [4.69, 9.17) is 53.7 Å². The van der Waals surface area contributed by atoms with Crippen LogP contribution in [0.15, 0.2) is 0 Å². The zero-order chi connectivity index (χ0) is 40.1. The van der Waals surface area contributed by atoms with Gasteiger partial charge in [-0.05, 0) is 41.5 Å². The Balaban J connectivity index is 0.000000522. The summed E-state index contributed by atoms with van der Waals surface area (Å²) < 4.78 is 72.4. The molecule has 2 aliphatic heterocycles. The van der Waals surface area contributed by atoms with Crippen LogP contribution in [0.5, 0.6) is 0 Å². The molecule has 21 heteroatoms.